The third kappa shape index (κ3) is 3.46. The van der Waals surface area contributed by atoms with Gasteiger partial charge in [-0.05, 0) is 30.9 Å². The number of anilines is 2. The predicted molar refractivity (Wildman–Crippen MR) is 100 cm³/mol. The number of piperidine rings is 1. The first-order valence-corrected chi connectivity index (χ1v) is 8.79. The predicted octanol–water partition coefficient (Wildman–Crippen LogP) is 2.91. The van der Waals surface area contributed by atoms with Crippen LogP contribution >= 0.6 is 0 Å². The van der Waals surface area contributed by atoms with Gasteiger partial charge >= 0.3 is 0 Å². The van der Waals surface area contributed by atoms with Gasteiger partial charge in [0.25, 0.3) is 5.91 Å². The summed E-state index contributed by atoms with van der Waals surface area (Å²) in [4.78, 5) is 32.0. The maximum atomic E-state index is 12.4. The van der Waals surface area contributed by atoms with Crippen LogP contribution in [-0.4, -0.2) is 38.9 Å². The van der Waals surface area contributed by atoms with Crippen LogP contribution in [0.4, 0.5) is 11.6 Å². The monoisotopic (exact) mass is 348 g/mol. The van der Waals surface area contributed by atoms with E-state index in [4.69, 9.17) is 0 Å². The molecule has 1 N–H and O–H groups in total. The van der Waals surface area contributed by atoms with E-state index in [0.717, 1.165) is 37.4 Å². The molecular weight excluding hydrogens is 328 g/mol. The molecule has 7 heteroatoms. The highest BCUT2D eigenvalue weighted by molar-refractivity contribution is 6.03. The Bertz CT molecular complexity index is 919. The standard InChI is InChI=1S/C19H20N6O/c1-13-6-8-25(9-7-13)19-21-10-14(11-22-19)23-18(26)17-12-20-15-4-2-3-5-16(15)24-17/h2-5,10-13H,6-9H2,1H3,(H,23,26). The van der Waals surface area contributed by atoms with E-state index in [1.54, 1.807) is 12.4 Å². The number of hydrogen-bond acceptors (Lipinski definition) is 6. The Morgan fingerprint density at radius 1 is 1.04 bits per heavy atom. The molecule has 0 radical (unpaired) electrons. The van der Waals surface area contributed by atoms with Gasteiger partial charge in [-0.15, -0.1) is 0 Å². The van der Waals surface area contributed by atoms with Crippen LogP contribution in [0.3, 0.4) is 0 Å². The van der Waals surface area contributed by atoms with Crippen molar-refractivity contribution in [3.63, 3.8) is 0 Å². The van der Waals surface area contributed by atoms with Gasteiger partial charge in [0.2, 0.25) is 5.95 Å². The molecule has 1 fully saturated rings. The van der Waals surface area contributed by atoms with Crippen molar-refractivity contribution in [2.45, 2.75) is 19.8 Å². The highest BCUT2D eigenvalue weighted by atomic mass is 16.1. The summed E-state index contributed by atoms with van der Waals surface area (Å²) in [6.07, 6.45) is 7.05. The topological polar surface area (TPSA) is 83.9 Å². The molecular formula is C19H20N6O. The van der Waals surface area contributed by atoms with E-state index in [1.807, 2.05) is 24.3 Å². The molecule has 1 aliphatic rings. The number of nitrogens with one attached hydrogen (secondary N) is 1. The Balaban J connectivity index is 1.45. The Labute approximate surface area is 151 Å². The Morgan fingerprint density at radius 3 is 2.46 bits per heavy atom. The lowest BCUT2D eigenvalue weighted by Gasteiger charge is -2.30. The van der Waals surface area contributed by atoms with Crippen molar-refractivity contribution in [2.24, 2.45) is 5.92 Å². The highest BCUT2D eigenvalue weighted by Crippen LogP contribution is 2.20. The van der Waals surface area contributed by atoms with E-state index in [9.17, 15) is 4.79 Å². The number of rotatable bonds is 3. The number of hydrogen-bond donors (Lipinski definition) is 1. The van der Waals surface area contributed by atoms with Crippen LogP contribution in [0, 0.1) is 5.92 Å². The summed E-state index contributed by atoms with van der Waals surface area (Å²) in [5.74, 6) is 1.14. The molecule has 0 unspecified atom stereocenters. The van der Waals surface area contributed by atoms with Crippen LogP contribution in [0.2, 0.25) is 0 Å². The number of fused-ring (bicyclic) bond motifs is 1. The van der Waals surface area contributed by atoms with Crippen LogP contribution in [0.1, 0.15) is 30.3 Å². The molecule has 0 saturated carbocycles. The number of carbonyl (C=O) groups excluding carboxylic acids is 1. The first-order chi connectivity index (χ1) is 12.7. The van der Waals surface area contributed by atoms with Crippen molar-refractivity contribution in [2.75, 3.05) is 23.3 Å². The molecule has 0 spiro atoms. The second-order valence-electron chi connectivity index (χ2n) is 6.64. The quantitative estimate of drug-likeness (QED) is 0.783. The minimum Gasteiger partial charge on any atom is -0.341 e. The maximum Gasteiger partial charge on any atom is 0.275 e. The van der Waals surface area contributed by atoms with Crippen molar-refractivity contribution >= 4 is 28.6 Å². The van der Waals surface area contributed by atoms with Crippen LogP contribution in [0.15, 0.2) is 42.9 Å². The number of carbonyl (C=O) groups is 1. The fraction of sp³-hybridized carbons (Fsp3) is 0.316. The minimum atomic E-state index is -0.327. The van der Waals surface area contributed by atoms with Gasteiger partial charge in [-0.3, -0.25) is 9.78 Å². The van der Waals surface area contributed by atoms with Gasteiger partial charge in [0, 0.05) is 13.1 Å². The maximum absolute atomic E-state index is 12.4. The van der Waals surface area contributed by atoms with E-state index in [2.05, 4.69) is 37.1 Å². The number of benzene rings is 1. The first kappa shape index (κ1) is 16.4. The Kier molecular flexibility index (Phi) is 4.43. The molecule has 1 amide bonds. The summed E-state index contributed by atoms with van der Waals surface area (Å²) >= 11 is 0. The van der Waals surface area contributed by atoms with Crippen LogP contribution in [-0.2, 0) is 0 Å². The van der Waals surface area contributed by atoms with E-state index in [0.29, 0.717) is 17.2 Å². The Morgan fingerprint density at radius 2 is 1.73 bits per heavy atom. The average molecular weight is 348 g/mol. The van der Waals surface area contributed by atoms with E-state index in [-0.39, 0.29) is 11.6 Å². The second kappa shape index (κ2) is 7.03. The fourth-order valence-electron chi connectivity index (χ4n) is 3.02. The van der Waals surface area contributed by atoms with Gasteiger partial charge in [0.1, 0.15) is 5.69 Å². The summed E-state index contributed by atoms with van der Waals surface area (Å²) in [5, 5.41) is 2.78. The van der Waals surface area contributed by atoms with Crippen molar-refractivity contribution in [1.29, 1.82) is 0 Å². The van der Waals surface area contributed by atoms with E-state index >= 15 is 0 Å². The average Bonchev–Trinajstić information content (AvgIpc) is 2.69. The van der Waals surface area contributed by atoms with Gasteiger partial charge in [-0.2, -0.15) is 0 Å². The van der Waals surface area contributed by atoms with Gasteiger partial charge in [-0.25, -0.2) is 15.0 Å². The fourth-order valence-corrected chi connectivity index (χ4v) is 3.02. The van der Waals surface area contributed by atoms with Gasteiger partial charge in [0.15, 0.2) is 0 Å². The molecule has 1 saturated heterocycles. The van der Waals surface area contributed by atoms with Crippen molar-refractivity contribution in [3.05, 3.63) is 48.5 Å². The normalized spacial score (nSPS) is 15.2. The second-order valence-corrected chi connectivity index (χ2v) is 6.64. The number of aromatic nitrogens is 4. The highest BCUT2D eigenvalue weighted by Gasteiger charge is 2.18. The molecule has 0 aliphatic carbocycles. The molecule has 3 heterocycles. The Hall–Kier alpha value is -3.09. The van der Waals surface area contributed by atoms with Crippen molar-refractivity contribution in [3.8, 4) is 0 Å². The zero-order valence-electron chi connectivity index (χ0n) is 14.6. The lowest BCUT2D eigenvalue weighted by atomic mass is 10.00. The summed E-state index contributed by atoms with van der Waals surface area (Å²) in [5.41, 5.74) is 2.25. The largest absolute Gasteiger partial charge is 0.341 e. The molecule has 0 bridgehead atoms. The van der Waals surface area contributed by atoms with E-state index < -0.39 is 0 Å². The van der Waals surface area contributed by atoms with Crippen molar-refractivity contribution in [1.82, 2.24) is 19.9 Å². The molecule has 0 atom stereocenters. The number of amides is 1. The summed E-state index contributed by atoms with van der Waals surface area (Å²) in [6, 6.07) is 7.44. The summed E-state index contributed by atoms with van der Waals surface area (Å²) < 4.78 is 0. The minimum absolute atomic E-state index is 0.262. The van der Waals surface area contributed by atoms with Gasteiger partial charge < -0.3 is 10.2 Å². The molecule has 26 heavy (non-hydrogen) atoms. The lowest BCUT2D eigenvalue weighted by Crippen LogP contribution is -2.34. The molecule has 4 rings (SSSR count). The third-order valence-electron chi connectivity index (χ3n) is 4.64. The van der Waals surface area contributed by atoms with Crippen molar-refractivity contribution < 1.29 is 4.79 Å². The van der Waals surface area contributed by atoms with Gasteiger partial charge in [0.05, 0.1) is 35.3 Å². The zero-order valence-corrected chi connectivity index (χ0v) is 14.6. The zero-order chi connectivity index (χ0) is 17.9. The number of nitrogens with zero attached hydrogens (tertiary/aromatic N) is 5. The van der Waals surface area contributed by atoms with Crippen LogP contribution in [0.25, 0.3) is 11.0 Å². The lowest BCUT2D eigenvalue weighted by molar-refractivity contribution is 0.102. The molecule has 7 nitrogen and oxygen atoms in total. The molecule has 132 valence electrons. The SMILES string of the molecule is CC1CCN(c2ncc(NC(=O)c3cnc4ccccc4n3)cn2)CC1. The summed E-state index contributed by atoms with van der Waals surface area (Å²) in [6.45, 7) is 4.21. The number of para-hydroxylation sites is 2. The van der Waals surface area contributed by atoms with E-state index in [1.165, 1.54) is 6.20 Å². The molecule has 1 aliphatic heterocycles. The summed E-state index contributed by atoms with van der Waals surface area (Å²) in [7, 11) is 0. The first-order valence-electron chi connectivity index (χ1n) is 8.79. The third-order valence-corrected chi connectivity index (χ3v) is 4.64. The molecule has 1 aromatic carbocycles. The molecule has 2 aromatic heterocycles. The molecule has 3 aromatic rings. The smallest absolute Gasteiger partial charge is 0.275 e. The van der Waals surface area contributed by atoms with Crippen LogP contribution < -0.4 is 10.2 Å². The van der Waals surface area contributed by atoms with Gasteiger partial charge in [-0.1, -0.05) is 19.1 Å². The van der Waals surface area contributed by atoms with Crippen LogP contribution in [0.5, 0.6) is 0 Å².